The molecule has 0 aliphatic carbocycles. The van der Waals surface area contributed by atoms with E-state index in [1.54, 1.807) is 12.3 Å². The van der Waals surface area contributed by atoms with Gasteiger partial charge >= 0.3 is 0 Å². The summed E-state index contributed by atoms with van der Waals surface area (Å²) in [7, 11) is 0. The third kappa shape index (κ3) is 6.11. The van der Waals surface area contributed by atoms with E-state index in [4.69, 9.17) is 0 Å². The van der Waals surface area contributed by atoms with E-state index in [1.807, 2.05) is 60.7 Å². The molecule has 0 amide bonds. The molecule has 126 valence electrons. The number of hydrogen-bond acceptors (Lipinski definition) is 1. The van der Waals surface area contributed by atoms with Crippen LogP contribution in [-0.4, -0.2) is 10.8 Å². The summed E-state index contributed by atoms with van der Waals surface area (Å²) < 4.78 is 0. The van der Waals surface area contributed by atoms with Crippen LogP contribution in [0.2, 0.25) is 0 Å². The van der Waals surface area contributed by atoms with Crippen LogP contribution in [0.15, 0.2) is 97.2 Å². The number of aromatic amines is 1. The van der Waals surface area contributed by atoms with Gasteiger partial charge in [0.25, 0.3) is 0 Å². The lowest BCUT2D eigenvalue weighted by Crippen LogP contribution is -2.01. The highest BCUT2D eigenvalue weighted by Crippen LogP contribution is 2.05. The fourth-order valence-electron chi connectivity index (χ4n) is 2.13. The van der Waals surface area contributed by atoms with E-state index in [9.17, 15) is 4.79 Å². The molecular weight excluding hydrogens is 306 g/mol. The minimum absolute atomic E-state index is 0.0122. The van der Waals surface area contributed by atoms with E-state index in [0.29, 0.717) is 11.3 Å². The van der Waals surface area contributed by atoms with Gasteiger partial charge in [-0.05, 0) is 37.1 Å². The number of benzene rings is 2. The van der Waals surface area contributed by atoms with E-state index < -0.39 is 0 Å². The van der Waals surface area contributed by atoms with E-state index in [0.717, 1.165) is 0 Å². The lowest BCUT2D eigenvalue weighted by atomic mass is 10.1. The number of aryl methyl sites for hydroxylation is 2. The topological polar surface area (TPSA) is 32.9 Å². The molecule has 3 rings (SSSR count). The van der Waals surface area contributed by atoms with Crippen LogP contribution >= 0.6 is 0 Å². The lowest BCUT2D eigenvalue weighted by molar-refractivity contribution is 0.103. The average molecular weight is 329 g/mol. The fourth-order valence-corrected chi connectivity index (χ4v) is 2.13. The highest BCUT2D eigenvalue weighted by atomic mass is 16.1. The molecule has 0 aliphatic heterocycles. The minimum Gasteiger partial charge on any atom is -0.359 e. The van der Waals surface area contributed by atoms with Crippen molar-refractivity contribution in [3.63, 3.8) is 0 Å². The smallest absolute Gasteiger partial charge is 0.209 e. The number of aromatic nitrogens is 1. The summed E-state index contributed by atoms with van der Waals surface area (Å²) in [4.78, 5) is 15.1. The molecule has 1 aromatic heterocycles. The van der Waals surface area contributed by atoms with Crippen LogP contribution in [0, 0.1) is 13.8 Å². The maximum Gasteiger partial charge on any atom is 0.209 e. The van der Waals surface area contributed by atoms with Crippen molar-refractivity contribution < 1.29 is 4.79 Å². The van der Waals surface area contributed by atoms with Gasteiger partial charge in [-0.15, -0.1) is 0 Å². The summed E-state index contributed by atoms with van der Waals surface area (Å²) in [6.07, 6.45) is 1.75. The van der Waals surface area contributed by atoms with E-state index in [-0.39, 0.29) is 5.78 Å². The van der Waals surface area contributed by atoms with Crippen molar-refractivity contribution in [1.29, 1.82) is 0 Å². The molecule has 0 atom stereocenters. The molecule has 0 radical (unpaired) electrons. The number of nitrogens with one attached hydrogen (secondary N) is 1. The first kappa shape index (κ1) is 18.2. The summed E-state index contributed by atoms with van der Waals surface area (Å²) in [5.41, 5.74) is 3.98. The Hall–Kier alpha value is -3.13. The molecule has 0 spiro atoms. The Balaban J connectivity index is 0.000000236. The van der Waals surface area contributed by atoms with Crippen LogP contribution in [0.3, 0.4) is 0 Å². The van der Waals surface area contributed by atoms with Crippen molar-refractivity contribution in [3.05, 3.63) is 120 Å². The first-order valence-electron chi connectivity index (χ1n) is 8.27. The predicted octanol–water partition coefficient (Wildman–Crippen LogP) is 5.67. The predicted molar refractivity (Wildman–Crippen MR) is 104 cm³/mol. The van der Waals surface area contributed by atoms with Gasteiger partial charge in [0.15, 0.2) is 0 Å². The van der Waals surface area contributed by atoms with Crippen LogP contribution in [0.1, 0.15) is 27.2 Å². The number of carbonyl (C=O) groups is 1. The van der Waals surface area contributed by atoms with Crippen molar-refractivity contribution in [2.75, 3.05) is 0 Å². The first-order chi connectivity index (χ1) is 12.2. The molecule has 0 unspecified atom stereocenters. The van der Waals surface area contributed by atoms with E-state index in [2.05, 4.69) is 43.1 Å². The van der Waals surface area contributed by atoms with Gasteiger partial charge in [0.1, 0.15) is 0 Å². The van der Waals surface area contributed by atoms with Crippen LogP contribution in [0.4, 0.5) is 0 Å². The summed E-state index contributed by atoms with van der Waals surface area (Å²) in [5, 5.41) is 0. The van der Waals surface area contributed by atoms with Gasteiger partial charge in [0.05, 0.1) is 5.69 Å². The van der Waals surface area contributed by atoms with Gasteiger partial charge in [-0.3, -0.25) is 4.79 Å². The molecular formula is C23H23NO. The molecule has 0 aliphatic rings. The van der Waals surface area contributed by atoms with Crippen LogP contribution in [0.5, 0.6) is 0 Å². The van der Waals surface area contributed by atoms with Crippen molar-refractivity contribution >= 4 is 5.78 Å². The third-order valence-electron chi connectivity index (χ3n) is 3.75. The number of carbonyl (C=O) groups excluding carboxylic acids is 1. The Morgan fingerprint density at radius 2 is 1.12 bits per heavy atom. The molecule has 0 saturated carbocycles. The minimum atomic E-state index is -0.0122. The molecule has 1 N–H and O–H groups in total. The van der Waals surface area contributed by atoms with Gasteiger partial charge < -0.3 is 4.98 Å². The van der Waals surface area contributed by atoms with Crippen molar-refractivity contribution in [2.45, 2.75) is 13.8 Å². The van der Waals surface area contributed by atoms with Gasteiger partial charge in [-0.25, -0.2) is 0 Å². The quantitative estimate of drug-likeness (QED) is 0.603. The summed E-state index contributed by atoms with van der Waals surface area (Å²) in [6, 6.07) is 28.7. The van der Waals surface area contributed by atoms with Crippen LogP contribution in [-0.2, 0) is 0 Å². The maximum atomic E-state index is 12.2. The molecule has 0 saturated heterocycles. The Kier molecular flexibility index (Phi) is 7.20. The Morgan fingerprint density at radius 1 is 0.640 bits per heavy atom. The summed E-state index contributed by atoms with van der Waals surface area (Å²) in [6.45, 7) is 4.24. The summed E-state index contributed by atoms with van der Waals surface area (Å²) in [5.74, 6) is -0.0122. The Morgan fingerprint density at radius 3 is 1.76 bits per heavy atom. The van der Waals surface area contributed by atoms with Gasteiger partial charge in [-0.1, -0.05) is 78.9 Å². The van der Waals surface area contributed by atoms with Gasteiger partial charge in [0, 0.05) is 11.8 Å². The lowest BCUT2D eigenvalue weighted by Gasteiger charge is -1.98. The monoisotopic (exact) mass is 329 g/mol. The molecule has 0 fully saturated rings. The van der Waals surface area contributed by atoms with Gasteiger partial charge in [0.2, 0.25) is 5.78 Å². The molecule has 2 aromatic carbocycles. The highest BCUT2D eigenvalue weighted by molar-refractivity contribution is 6.07. The van der Waals surface area contributed by atoms with Crippen molar-refractivity contribution in [2.24, 2.45) is 0 Å². The highest BCUT2D eigenvalue weighted by Gasteiger charge is 2.06. The van der Waals surface area contributed by atoms with Crippen molar-refractivity contribution in [1.82, 2.24) is 4.98 Å². The van der Waals surface area contributed by atoms with Crippen LogP contribution in [0.25, 0.3) is 0 Å². The van der Waals surface area contributed by atoms with E-state index >= 15 is 0 Å². The van der Waals surface area contributed by atoms with Crippen LogP contribution < -0.4 is 0 Å². The Labute approximate surface area is 149 Å². The Bertz CT molecular complexity index is 803. The molecule has 1 heterocycles. The number of hydrogen-bond donors (Lipinski definition) is 1. The standard InChI is InChI=1S/C15H13NO.C8H10/c17-15(13-9-5-4-6-10-13)14-11-7-2-1-3-8-12-16-14;1-7-5-3-4-6-8(7)2/h1-12,16H;3-6H,1-2H3. The molecule has 25 heavy (non-hydrogen) atoms. The largest absolute Gasteiger partial charge is 0.359 e. The normalized spacial score (nSPS) is 9.36. The molecule has 2 nitrogen and oxygen atoms in total. The average Bonchev–Trinajstić information content (AvgIpc) is 2.79. The fraction of sp³-hybridized carbons (Fsp3) is 0.0870. The molecule has 3 aromatic rings. The maximum absolute atomic E-state index is 12.2. The van der Waals surface area contributed by atoms with E-state index in [1.165, 1.54) is 11.1 Å². The SMILES string of the molecule is Cc1ccccc1C.O=C(c1ccccc1)c1ccccccc[nH]1. The number of ketones is 1. The number of rotatable bonds is 2. The first-order valence-corrected chi connectivity index (χ1v) is 8.27. The second kappa shape index (κ2) is 9.89. The van der Waals surface area contributed by atoms with Gasteiger partial charge in [-0.2, -0.15) is 0 Å². The zero-order valence-corrected chi connectivity index (χ0v) is 14.6. The molecule has 0 bridgehead atoms. The second-order valence-corrected chi connectivity index (χ2v) is 5.63. The molecule has 2 heteroatoms. The summed E-state index contributed by atoms with van der Waals surface area (Å²) >= 11 is 0. The second-order valence-electron chi connectivity index (χ2n) is 5.63. The number of H-pyrrole nitrogens is 1. The third-order valence-corrected chi connectivity index (χ3v) is 3.75. The zero-order valence-electron chi connectivity index (χ0n) is 14.6. The van der Waals surface area contributed by atoms with Crippen molar-refractivity contribution in [3.8, 4) is 0 Å². The zero-order chi connectivity index (χ0) is 17.9.